The average Bonchev–Trinajstić information content (AvgIpc) is 3.42. The number of furan rings is 1. The molecule has 11 heteroatoms. The molecule has 182 valence electrons. The van der Waals surface area contributed by atoms with Crippen molar-refractivity contribution in [2.75, 3.05) is 16.7 Å². The number of hydrogen-bond donors (Lipinski definition) is 1. The van der Waals surface area contributed by atoms with Crippen molar-refractivity contribution in [1.29, 1.82) is 0 Å². The van der Waals surface area contributed by atoms with Gasteiger partial charge < -0.3 is 9.32 Å². The van der Waals surface area contributed by atoms with Crippen LogP contribution in [0.15, 0.2) is 52.2 Å². The van der Waals surface area contributed by atoms with Crippen molar-refractivity contribution < 1.29 is 17.6 Å². The van der Waals surface area contributed by atoms with Crippen molar-refractivity contribution in [2.24, 2.45) is 0 Å². The van der Waals surface area contributed by atoms with E-state index in [4.69, 9.17) is 4.42 Å². The Labute approximate surface area is 204 Å². The Bertz CT molecular complexity index is 1210. The minimum atomic E-state index is -3.36. The van der Waals surface area contributed by atoms with E-state index in [1.807, 2.05) is 21.6 Å². The molecule has 4 rings (SSSR count). The van der Waals surface area contributed by atoms with Gasteiger partial charge in [0.1, 0.15) is 5.76 Å². The molecule has 3 aromatic rings. The first-order valence-corrected chi connectivity index (χ1v) is 14.1. The third-order valence-corrected chi connectivity index (χ3v) is 7.42. The molecule has 1 fully saturated rings. The molecule has 1 amide bonds. The molecule has 0 spiro atoms. The number of nitrogens with zero attached hydrogens (tertiary/aromatic N) is 4. The highest BCUT2D eigenvalue weighted by molar-refractivity contribution is 7.99. The summed E-state index contributed by atoms with van der Waals surface area (Å²) in [5, 5.41) is 9.36. The number of aromatic nitrogens is 3. The normalized spacial score (nSPS) is 18.7. The fourth-order valence-electron chi connectivity index (χ4n) is 4.33. The van der Waals surface area contributed by atoms with Gasteiger partial charge in [-0.25, -0.2) is 8.42 Å². The monoisotopic (exact) mass is 503 g/mol. The molecule has 3 heterocycles. The maximum absolute atomic E-state index is 13.0. The summed E-state index contributed by atoms with van der Waals surface area (Å²) in [5.41, 5.74) is 1.24. The number of sulfonamides is 1. The SMILES string of the molecule is CC1CCCC(C)N1C(=O)CSc1nnc(-c2ccc(NS(C)(=O)=O)cc2)n1Cc1ccco1. The smallest absolute Gasteiger partial charge is 0.233 e. The lowest BCUT2D eigenvalue weighted by molar-refractivity contribution is -0.134. The topological polar surface area (TPSA) is 110 Å². The van der Waals surface area contributed by atoms with Crippen LogP contribution in [0.3, 0.4) is 0 Å². The highest BCUT2D eigenvalue weighted by Gasteiger charge is 2.29. The van der Waals surface area contributed by atoms with Crippen molar-refractivity contribution in [3.8, 4) is 11.4 Å². The summed E-state index contributed by atoms with van der Waals surface area (Å²) in [6.07, 6.45) is 5.93. The number of amides is 1. The highest BCUT2D eigenvalue weighted by atomic mass is 32.2. The summed E-state index contributed by atoms with van der Waals surface area (Å²) >= 11 is 1.37. The molecule has 1 aromatic carbocycles. The number of nitrogens with one attached hydrogen (secondary N) is 1. The van der Waals surface area contributed by atoms with E-state index in [0.717, 1.165) is 36.8 Å². The number of carbonyl (C=O) groups is 1. The van der Waals surface area contributed by atoms with Crippen molar-refractivity contribution in [2.45, 2.75) is 56.9 Å². The van der Waals surface area contributed by atoms with Crippen LogP contribution in [0, 0.1) is 0 Å². The van der Waals surface area contributed by atoms with E-state index in [0.29, 0.717) is 23.2 Å². The minimum Gasteiger partial charge on any atom is -0.467 e. The molecule has 0 radical (unpaired) electrons. The molecule has 9 nitrogen and oxygen atoms in total. The average molecular weight is 504 g/mol. The predicted octanol–water partition coefficient (Wildman–Crippen LogP) is 3.84. The predicted molar refractivity (Wildman–Crippen MR) is 132 cm³/mol. The van der Waals surface area contributed by atoms with Gasteiger partial charge in [0.25, 0.3) is 0 Å². The van der Waals surface area contributed by atoms with Crippen LogP contribution >= 0.6 is 11.8 Å². The lowest BCUT2D eigenvalue weighted by atomic mass is 9.98. The van der Waals surface area contributed by atoms with E-state index < -0.39 is 10.0 Å². The van der Waals surface area contributed by atoms with E-state index >= 15 is 0 Å². The van der Waals surface area contributed by atoms with Gasteiger partial charge in [0, 0.05) is 23.3 Å². The van der Waals surface area contributed by atoms with Gasteiger partial charge in [0.2, 0.25) is 15.9 Å². The van der Waals surface area contributed by atoms with Gasteiger partial charge in [-0.3, -0.25) is 14.1 Å². The number of anilines is 1. The van der Waals surface area contributed by atoms with Gasteiger partial charge in [-0.1, -0.05) is 11.8 Å². The van der Waals surface area contributed by atoms with E-state index in [9.17, 15) is 13.2 Å². The number of piperidine rings is 1. The molecule has 2 aromatic heterocycles. The van der Waals surface area contributed by atoms with Crippen LogP contribution in [0.25, 0.3) is 11.4 Å². The third kappa shape index (κ3) is 5.82. The standard InChI is InChI=1S/C23H29N5O4S2/c1-16-6-4-7-17(2)28(16)21(29)15-33-23-25-24-22(27(23)14-20-8-5-13-32-20)18-9-11-19(12-10-18)26-34(3,30)31/h5,8-13,16-17,26H,4,6-7,14-15H2,1-3H3. The molecule has 1 aliphatic rings. The highest BCUT2D eigenvalue weighted by Crippen LogP contribution is 2.28. The second-order valence-corrected chi connectivity index (χ2v) is 11.3. The van der Waals surface area contributed by atoms with Crippen LogP contribution in [0.4, 0.5) is 5.69 Å². The van der Waals surface area contributed by atoms with Crippen LogP contribution in [0.2, 0.25) is 0 Å². The quantitative estimate of drug-likeness (QED) is 0.465. The zero-order chi connectivity index (χ0) is 24.3. The summed E-state index contributed by atoms with van der Waals surface area (Å²) in [5.74, 6) is 1.73. The van der Waals surface area contributed by atoms with Gasteiger partial charge in [-0.05, 0) is 69.5 Å². The maximum atomic E-state index is 13.0. The molecule has 0 bridgehead atoms. The maximum Gasteiger partial charge on any atom is 0.233 e. The lowest BCUT2D eigenvalue weighted by Gasteiger charge is -2.39. The van der Waals surface area contributed by atoms with Crippen LogP contribution in [-0.4, -0.2) is 58.1 Å². The largest absolute Gasteiger partial charge is 0.467 e. The summed E-state index contributed by atoms with van der Waals surface area (Å²) < 4.78 is 32.9. The Morgan fingerprint density at radius 1 is 1.15 bits per heavy atom. The van der Waals surface area contributed by atoms with Crippen molar-refractivity contribution in [3.63, 3.8) is 0 Å². The Morgan fingerprint density at radius 3 is 2.47 bits per heavy atom. The zero-order valence-corrected chi connectivity index (χ0v) is 21.1. The summed E-state index contributed by atoms with van der Waals surface area (Å²) in [4.78, 5) is 15.0. The molecule has 2 unspecified atom stereocenters. The van der Waals surface area contributed by atoms with Crippen molar-refractivity contribution in [3.05, 3.63) is 48.4 Å². The Kier molecular flexibility index (Phi) is 7.32. The zero-order valence-electron chi connectivity index (χ0n) is 19.5. The molecule has 2 atom stereocenters. The Balaban J connectivity index is 1.56. The second kappa shape index (κ2) is 10.2. The van der Waals surface area contributed by atoms with Crippen LogP contribution in [0.5, 0.6) is 0 Å². The van der Waals surface area contributed by atoms with Crippen molar-refractivity contribution >= 4 is 33.4 Å². The third-order valence-electron chi connectivity index (χ3n) is 5.86. The number of carbonyl (C=O) groups excluding carboxylic acids is 1. The molecule has 1 N–H and O–H groups in total. The van der Waals surface area contributed by atoms with Gasteiger partial charge in [-0.15, -0.1) is 10.2 Å². The fraction of sp³-hybridized carbons (Fsp3) is 0.435. The number of rotatable bonds is 8. The van der Waals surface area contributed by atoms with E-state index in [2.05, 4.69) is 28.8 Å². The number of likely N-dealkylation sites (tertiary alicyclic amines) is 1. The van der Waals surface area contributed by atoms with Gasteiger partial charge >= 0.3 is 0 Å². The molecule has 1 saturated heterocycles. The summed E-state index contributed by atoms with van der Waals surface area (Å²) in [6, 6.07) is 11.1. The van der Waals surface area contributed by atoms with Gasteiger partial charge in [0.05, 0.1) is 24.8 Å². The molecule has 0 aliphatic carbocycles. The van der Waals surface area contributed by atoms with Crippen molar-refractivity contribution in [1.82, 2.24) is 19.7 Å². The molecule has 0 saturated carbocycles. The minimum absolute atomic E-state index is 0.106. The van der Waals surface area contributed by atoms with E-state index in [-0.39, 0.29) is 23.7 Å². The number of benzene rings is 1. The van der Waals surface area contributed by atoms with Crippen LogP contribution in [0.1, 0.15) is 38.9 Å². The molecule has 34 heavy (non-hydrogen) atoms. The first-order chi connectivity index (χ1) is 16.2. The first-order valence-electron chi connectivity index (χ1n) is 11.2. The van der Waals surface area contributed by atoms with Crippen LogP contribution < -0.4 is 4.72 Å². The van der Waals surface area contributed by atoms with E-state index in [1.165, 1.54) is 11.8 Å². The van der Waals surface area contributed by atoms with E-state index in [1.54, 1.807) is 30.5 Å². The summed E-state index contributed by atoms with van der Waals surface area (Å²) in [7, 11) is -3.36. The number of hydrogen-bond acceptors (Lipinski definition) is 7. The van der Waals surface area contributed by atoms with Crippen LogP contribution in [-0.2, 0) is 21.4 Å². The Morgan fingerprint density at radius 2 is 1.85 bits per heavy atom. The molecule has 1 aliphatic heterocycles. The first kappa shape index (κ1) is 24.3. The Hall–Kier alpha value is -2.79. The second-order valence-electron chi connectivity index (χ2n) is 8.64. The molecular weight excluding hydrogens is 474 g/mol. The summed E-state index contributed by atoms with van der Waals surface area (Å²) in [6.45, 7) is 4.63. The van der Waals surface area contributed by atoms with Gasteiger partial charge in [-0.2, -0.15) is 0 Å². The van der Waals surface area contributed by atoms with Gasteiger partial charge in [0.15, 0.2) is 11.0 Å². The fourth-order valence-corrected chi connectivity index (χ4v) is 5.70. The molecular formula is C23H29N5O4S2. The number of thioether (sulfide) groups is 1. The lowest BCUT2D eigenvalue weighted by Crippen LogP contribution is -2.48.